The van der Waals surface area contributed by atoms with Crippen molar-refractivity contribution in [1.82, 2.24) is 14.9 Å². The van der Waals surface area contributed by atoms with Crippen LogP contribution in [0, 0.1) is 5.92 Å². The number of carbonyl (C=O) groups is 2. The highest BCUT2D eigenvalue weighted by Gasteiger charge is 2.31. The number of likely N-dealkylation sites (tertiary alicyclic amines) is 1. The first-order valence-electron chi connectivity index (χ1n) is 9.92. The number of piperidine rings is 1. The molecular formula is C19H24F3N3O5S. The minimum atomic E-state index is -4.53. The lowest BCUT2D eigenvalue weighted by atomic mass is 9.97. The summed E-state index contributed by atoms with van der Waals surface area (Å²) in [4.78, 5) is 24.8. The Labute approximate surface area is 178 Å². The minimum Gasteiger partial charge on any atom is -0.447 e. The third-order valence-corrected chi connectivity index (χ3v) is 6.90. The SMILES string of the molecule is O=C1N[C@H](CCC(=O)N2CCC(CNS(=O)(=O)c3ccc(C(F)(F)F)cc3)CC2)CO1. The number of amides is 2. The maximum Gasteiger partial charge on any atom is 0.416 e. The molecule has 0 unspecified atom stereocenters. The summed E-state index contributed by atoms with van der Waals surface area (Å²) in [5.41, 5.74) is -0.911. The van der Waals surface area contributed by atoms with Gasteiger partial charge in [-0.15, -0.1) is 0 Å². The molecule has 1 aromatic carbocycles. The van der Waals surface area contributed by atoms with Crippen molar-refractivity contribution in [2.24, 2.45) is 5.92 Å². The first kappa shape index (κ1) is 23.3. The summed E-state index contributed by atoms with van der Waals surface area (Å²) in [5, 5.41) is 2.62. The lowest BCUT2D eigenvalue weighted by molar-refractivity contribution is -0.137. The molecule has 3 rings (SSSR count). The quantitative estimate of drug-likeness (QED) is 0.645. The molecule has 8 nitrogen and oxygen atoms in total. The molecule has 172 valence electrons. The van der Waals surface area contributed by atoms with Gasteiger partial charge in [0.1, 0.15) is 6.61 Å². The number of rotatable bonds is 7. The number of carbonyl (C=O) groups excluding carboxylic acids is 2. The van der Waals surface area contributed by atoms with Gasteiger partial charge < -0.3 is 15.0 Å². The number of alkyl carbamates (subject to hydrolysis) is 1. The third kappa shape index (κ3) is 6.33. The average molecular weight is 463 g/mol. The van der Waals surface area contributed by atoms with Gasteiger partial charge in [0.25, 0.3) is 0 Å². The van der Waals surface area contributed by atoms with Gasteiger partial charge >= 0.3 is 12.3 Å². The van der Waals surface area contributed by atoms with Crippen LogP contribution in [0.3, 0.4) is 0 Å². The molecule has 2 aliphatic rings. The van der Waals surface area contributed by atoms with Crippen LogP contribution in [0.2, 0.25) is 0 Å². The van der Waals surface area contributed by atoms with E-state index in [1.165, 1.54) is 0 Å². The van der Waals surface area contributed by atoms with Crippen molar-refractivity contribution in [3.63, 3.8) is 0 Å². The van der Waals surface area contributed by atoms with E-state index in [0.29, 0.717) is 38.8 Å². The Balaban J connectivity index is 1.42. The van der Waals surface area contributed by atoms with Gasteiger partial charge in [0.2, 0.25) is 15.9 Å². The second-order valence-electron chi connectivity index (χ2n) is 7.68. The van der Waals surface area contributed by atoms with E-state index < -0.39 is 27.9 Å². The zero-order valence-electron chi connectivity index (χ0n) is 16.7. The zero-order chi connectivity index (χ0) is 22.6. The molecule has 2 heterocycles. The van der Waals surface area contributed by atoms with E-state index in [1.807, 2.05) is 0 Å². The number of hydrogen-bond donors (Lipinski definition) is 2. The molecule has 2 fully saturated rings. The Morgan fingerprint density at radius 2 is 1.84 bits per heavy atom. The topological polar surface area (TPSA) is 105 Å². The van der Waals surface area contributed by atoms with Gasteiger partial charge in [0, 0.05) is 26.1 Å². The summed E-state index contributed by atoms with van der Waals surface area (Å²) in [7, 11) is -3.92. The summed E-state index contributed by atoms with van der Waals surface area (Å²) in [6, 6.07) is 3.19. The number of hydrogen-bond acceptors (Lipinski definition) is 5. The van der Waals surface area contributed by atoms with Gasteiger partial charge in [0.15, 0.2) is 0 Å². The molecule has 2 aliphatic heterocycles. The van der Waals surface area contributed by atoms with Crippen molar-refractivity contribution in [2.45, 2.75) is 42.8 Å². The number of nitrogens with zero attached hydrogens (tertiary/aromatic N) is 1. The zero-order valence-corrected chi connectivity index (χ0v) is 17.5. The predicted molar refractivity (Wildman–Crippen MR) is 103 cm³/mol. The van der Waals surface area contributed by atoms with Crippen LogP contribution in [0.4, 0.5) is 18.0 Å². The van der Waals surface area contributed by atoms with Crippen LogP contribution in [-0.4, -0.2) is 57.6 Å². The molecule has 12 heteroatoms. The van der Waals surface area contributed by atoms with Crippen molar-refractivity contribution in [3.05, 3.63) is 29.8 Å². The molecule has 2 amide bonds. The van der Waals surface area contributed by atoms with Gasteiger partial charge in [-0.2, -0.15) is 13.2 Å². The molecule has 0 spiro atoms. The molecular weight excluding hydrogens is 439 g/mol. The molecule has 2 saturated heterocycles. The standard InChI is InChI=1S/C19H24F3N3O5S/c20-19(21,22)14-1-4-16(5-2-14)31(28,29)23-11-13-7-9-25(10-8-13)17(26)6-3-15-12-30-18(27)24-15/h1-2,4-5,13,15,23H,3,6-12H2,(H,24,27)/t15-/m1/s1. The fraction of sp³-hybridized carbons (Fsp3) is 0.579. The number of benzene rings is 1. The fourth-order valence-electron chi connectivity index (χ4n) is 3.56. The summed E-state index contributed by atoms with van der Waals surface area (Å²) in [5.74, 6) is 0.000674. The van der Waals surface area contributed by atoms with E-state index in [1.54, 1.807) is 4.90 Å². The van der Waals surface area contributed by atoms with E-state index in [4.69, 9.17) is 4.74 Å². The Morgan fingerprint density at radius 3 is 2.39 bits per heavy atom. The van der Waals surface area contributed by atoms with Gasteiger partial charge in [-0.3, -0.25) is 4.79 Å². The van der Waals surface area contributed by atoms with Crippen molar-refractivity contribution in [2.75, 3.05) is 26.2 Å². The molecule has 0 aromatic heterocycles. The van der Waals surface area contributed by atoms with E-state index in [2.05, 4.69) is 10.0 Å². The number of nitrogens with one attached hydrogen (secondary N) is 2. The Morgan fingerprint density at radius 1 is 1.19 bits per heavy atom. The van der Waals surface area contributed by atoms with E-state index in [-0.39, 0.29) is 35.9 Å². The van der Waals surface area contributed by atoms with Crippen LogP contribution >= 0.6 is 0 Å². The molecule has 1 aromatic rings. The lowest BCUT2D eigenvalue weighted by Gasteiger charge is -2.32. The number of cyclic esters (lactones) is 1. The summed E-state index contributed by atoms with van der Waals surface area (Å²) in [6.45, 7) is 1.40. The van der Waals surface area contributed by atoms with Gasteiger partial charge in [-0.1, -0.05) is 0 Å². The summed E-state index contributed by atoms with van der Waals surface area (Å²) >= 11 is 0. The van der Waals surface area contributed by atoms with E-state index in [0.717, 1.165) is 24.3 Å². The van der Waals surface area contributed by atoms with Crippen LogP contribution in [0.15, 0.2) is 29.2 Å². The predicted octanol–water partition coefficient (Wildman–Crippen LogP) is 2.11. The molecule has 0 saturated carbocycles. The van der Waals surface area contributed by atoms with Crippen LogP contribution < -0.4 is 10.0 Å². The van der Waals surface area contributed by atoms with Crippen molar-refractivity contribution >= 4 is 22.0 Å². The van der Waals surface area contributed by atoms with Gasteiger partial charge in [-0.25, -0.2) is 17.9 Å². The number of sulfonamides is 1. The summed E-state index contributed by atoms with van der Waals surface area (Å²) < 4.78 is 69.8. The highest BCUT2D eigenvalue weighted by Crippen LogP contribution is 2.29. The minimum absolute atomic E-state index is 0.0232. The van der Waals surface area contributed by atoms with Crippen molar-refractivity contribution in [1.29, 1.82) is 0 Å². The Kier molecular flexibility index (Phi) is 7.10. The van der Waals surface area contributed by atoms with Crippen molar-refractivity contribution in [3.8, 4) is 0 Å². The highest BCUT2D eigenvalue weighted by molar-refractivity contribution is 7.89. The van der Waals surface area contributed by atoms with Crippen LogP contribution in [0.1, 0.15) is 31.2 Å². The van der Waals surface area contributed by atoms with E-state index >= 15 is 0 Å². The van der Waals surface area contributed by atoms with Gasteiger partial charge in [0.05, 0.1) is 16.5 Å². The molecule has 0 radical (unpaired) electrons. The Bertz CT molecular complexity index is 897. The maximum absolute atomic E-state index is 12.6. The third-order valence-electron chi connectivity index (χ3n) is 5.47. The van der Waals surface area contributed by atoms with Crippen LogP contribution in [-0.2, 0) is 25.7 Å². The fourth-order valence-corrected chi connectivity index (χ4v) is 4.67. The lowest BCUT2D eigenvalue weighted by Crippen LogP contribution is -2.42. The molecule has 0 aliphatic carbocycles. The normalized spacial score (nSPS) is 20.4. The van der Waals surface area contributed by atoms with Crippen LogP contribution in [0.5, 0.6) is 0 Å². The number of alkyl halides is 3. The average Bonchev–Trinajstić information content (AvgIpc) is 3.15. The smallest absolute Gasteiger partial charge is 0.416 e. The second kappa shape index (κ2) is 9.43. The molecule has 0 bridgehead atoms. The first-order chi connectivity index (χ1) is 14.5. The largest absolute Gasteiger partial charge is 0.447 e. The monoisotopic (exact) mass is 463 g/mol. The highest BCUT2D eigenvalue weighted by atomic mass is 32.2. The maximum atomic E-state index is 12.6. The van der Waals surface area contributed by atoms with Gasteiger partial charge in [-0.05, 0) is 49.4 Å². The molecule has 2 N–H and O–H groups in total. The molecule has 31 heavy (non-hydrogen) atoms. The number of halogens is 3. The Hall–Kier alpha value is -2.34. The van der Waals surface area contributed by atoms with E-state index in [9.17, 15) is 31.2 Å². The second-order valence-corrected chi connectivity index (χ2v) is 9.44. The van der Waals surface area contributed by atoms with Crippen molar-refractivity contribution < 1.29 is 35.9 Å². The summed E-state index contributed by atoms with van der Waals surface area (Å²) in [6.07, 6.45) is -2.98. The van der Waals surface area contributed by atoms with Crippen LogP contribution in [0.25, 0.3) is 0 Å². The first-order valence-corrected chi connectivity index (χ1v) is 11.4. The number of ether oxygens (including phenoxy) is 1. The molecule has 1 atom stereocenters.